The smallest absolute Gasteiger partial charge is 0.124 e. The Kier molecular flexibility index (Phi) is 7.06. The number of aromatic nitrogens is 1. The molecule has 1 atom stereocenters. The maximum atomic E-state index is 5.91. The second-order valence-electron chi connectivity index (χ2n) is 5.28. The van der Waals surface area contributed by atoms with Crippen LogP contribution < -0.4 is 5.32 Å². The Balaban J connectivity index is 2.06. The molecule has 1 aromatic rings. The molecular weight excluding hydrogens is 286 g/mol. The Morgan fingerprint density at radius 2 is 2.33 bits per heavy atom. The zero-order chi connectivity index (χ0) is 15.1. The third kappa shape index (κ3) is 4.72. The number of methoxy groups -OCH3 is 1. The molecule has 0 aliphatic carbocycles. The molecule has 2 heterocycles. The molecule has 0 bridgehead atoms. The van der Waals surface area contributed by atoms with Crippen LogP contribution >= 0.6 is 11.3 Å². The lowest BCUT2D eigenvalue weighted by Crippen LogP contribution is -2.38. The fourth-order valence-electron chi connectivity index (χ4n) is 2.45. The number of morpholine rings is 1. The lowest BCUT2D eigenvalue weighted by molar-refractivity contribution is -0.0283. The first-order valence-electron chi connectivity index (χ1n) is 7.80. The van der Waals surface area contributed by atoms with Gasteiger partial charge in [-0.15, -0.1) is 11.3 Å². The molecule has 120 valence electrons. The molecule has 1 aliphatic rings. The number of hydrogen-bond donors (Lipinski definition) is 1. The fraction of sp³-hybridized carbons (Fsp3) is 0.800. The highest BCUT2D eigenvalue weighted by molar-refractivity contribution is 7.11. The van der Waals surface area contributed by atoms with E-state index in [2.05, 4.69) is 24.1 Å². The van der Waals surface area contributed by atoms with Gasteiger partial charge in [-0.05, 0) is 19.5 Å². The summed E-state index contributed by atoms with van der Waals surface area (Å²) < 4.78 is 11.2. The topological polar surface area (TPSA) is 46.6 Å². The molecule has 6 heteroatoms. The summed E-state index contributed by atoms with van der Waals surface area (Å²) in [6, 6.07) is 0. The molecule has 0 aromatic carbocycles. The van der Waals surface area contributed by atoms with Crippen LogP contribution in [0.5, 0.6) is 0 Å². The highest BCUT2D eigenvalue weighted by Gasteiger charge is 2.25. The third-order valence-corrected chi connectivity index (χ3v) is 4.85. The normalized spacial score (nSPS) is 20.0. The minimum atomic E-state index is 0.110. The number of hydrogen-bond acceptors (Lipinski definition) is 6. The first-order chi connectivity index (χ1) is 10.3. The molecule has 1 unspecified atom stereocenters. The van der Waals surface area contributed by atoms with Gasteiger partial charge in [0.2, 0.25) is 0 Å². The first-order valence-corrected chi connectivity index (χ1v) is 8.62. The van der Waals surface area contributed by atoms with Crippen LogP contribution in [-0.4, -0.2) is 49.8 Å². The van der Waals surface area contributed by atoms with Crippen molar-refractivity contribution < 1.29 is 9.47 Å². The largest absolute Gasteiger partial charge is 0.378 e. The summed E-state index contributed by atoms with van der Waals surface area (Å²) in [6.07, 6.45) is 1.25. The van der Waals surface area contributed by atoms with E-state index in [0.717, 1.165) is 56.5 Å². The van der Waals surface area contributed by atoms with Crippen molar-refractivity contribution in [1.29, 1.82) is 0 Å². The SMILES string of the molecule is CCCNCc1sc(C2CN(CC)CCO2)nc1COC. The predicted molar refractivity (Wildman–Crippen MR) is 85.6 cm³/mol. The van der Waals surface area contributed by atoms with Crippen molar-refractivity contribution >= 4 is 11.3 Å². The van der Waals surface area contributed by atoms with Crippen LogP contribution in [0, 0.1) is 0 Å². The Morgan fingerprint density at radius 3 is 3.05 bits per heavy atom. The average Bonchev–Trinajstić information content (AvgIpc) is 2.91. The van der Waals surface area contributed by atoms with Crippen LogP contribution in [-0.2, 0) is 22.6 Å². The highest BCUT2D eigenvalue weighted by Crippen LogP contribution is 2.29. The Labute approximate surface area is 131 Å². The van der Waals surface area contributed by atoms with Gasteiger partial charge in [0.1, 0.15) is 11.1 Å². The van der Waals surface area contributed by atoms with Crippen LogP contribution in [0.1, 0.15) is 42.0 Å². The van der Waals surface area contributed by atoms with Crippen LogP contribution in [0.15, 0.2) is 0 Å². The monoisotopic (exact) mass is 313 g/mol. The van der Waals surface area contributed by atoms with Crippen molar-refractivity contribution in [1.82, 2.24) is 15.2 Å². The molecule has 1 aliphatic heterocycles. The van der Waals surface area contributed by atoms with Gasteiger partial charge in [0.25, 0.3) is 0 Å². The van der Waals surface area contributed by atoms with Gasteiger partial charge in [0.05, 0.1) is 18.9 Å². The van der Waals surface area contributed by atoms with Crippen molar-refractivity contribution in [3.05, 3.63) is 15.6 Å². The molecule has 1 N–H and O–H groups in total. The standard InChI is InChI=1S/C15H27N3O2S/c1-4-6-16-9-14-12(11-19-3)17-15(21-14)13-10-18(5-2)7-8-20-13/h13,16H,4-11H2,1-3H3. The van der Waals surface area contributed by atoms with Gasteiger partial charge in [0, 0.05) is 31.6 Å². The lowest BCUT2D eigenvalue weighted by atomic mass is 10.3. The maximum Gasteiger partial charge on any atom is 0.124 e. The van der Waals surface area contributed by atoms with E-state index in [0.29, 0.717) is 6.61 Å². The third-order valence-electron chi connectivity index (χ3n) is 3.66. The van der Waals surface area contributed by atoms with Crippen molar-refractivity contribution in [2.24, 2.45) is 0 Å². The molecule has 0 radical (unpaired) electrons. The molecule has 1 fully saturated rings. The predicted octanol–water partition coefficient (Wildman–Crippen LogP) is 2.18. The second kappa shape index (κ2) is 8.80. The van der Waals surface area contributed by atoms with Gasteiger partial charge in [-0.3, -0.25) is 4.90 Å². The van der Waals surface area contributed by atoms with E-state index < -0.39 is 0 Å². The molecule has 0 amide bonds. The maximum absolute atomic E-state index is 5.91. The highest BCUT2D eigenvalue weighted by atomic mass is 32.1. The minimum absolute atomic E-state index is 0.110. The molecule has 1 saturated heterocycles. The van der Waals surface area contributed by atoms with E-state index in [1.165, 1.54) is 4.88 Å². The summed E-state index contributed by atoms with van der Waals surface area (Å²) in [5.41, 5.74) is 1.05. The van der Waals surface area contributed by atoms with Gasteiger partial charge < -0.3 is 14.8 Å². The fourth-order valence-corrected chi connectivity index (χ4v) is 3.53. The Hall–Kier alpha value is -0.530. The van der Waals surface area contributed by atoms with Gasteiger partial charge >= 0.3 is 0 Å². The van der Waals surface area contributed by atoms with E-state index in [1.807, 2.05) is 0 Å². The van der Waals surface area contributed by atoms with Crippen LogP contribution in [0.25, 0.3) is 0 Å². The number of nitrogens with one attached hydrogen (secondary N) is 1. The minimum Gasteiger partial charge on any atom is -0.378 e. The Bertz CT molecular complexity index is 425. The molecule has 21 heavy (non-hydrogen) atoms. The average molecular weight is 313 g/mol. The first kappa shape index (κ1) is 16.8. The van der Waals surface area contributed by atoms with Crippen LogP contribution in [0.2, 0.25) is 0 Å². The zero-order valence-electron chi connectivity index (χ0n) is 13.4. The van der Waals surface area contributed by atoms with Gasteiger partial charge in [-0.1, -0.05) is 13.8 Å². The molecule has 1 aromatic heterocycles. The van der Waals surface area contributed by atoms with E-state index in [-0.39, 0.29) is 6.10 Å². The summed E-state index contributed by atoms with van der Waals surface area (Å²) in [6.45, 7) is 10.7. The van der Waals surface area contributed by atoms with Crippen LogP contribution in [0.4, 0.5) is 0 Å². The van der Waals surface area contributed by atoms with E-state index in [1.54, 1.807) is 18.4 Å². The zero-order valence-corrected chi connectivity index (χ0v) is 14.2. The molecule has 0 saturated carbocycles. The Morgan fingerprint density at radius 1 is 1.48 bits per heavy atom. The van der Waals surface area contributed by atoms with Gasteiger partial charge in [0.15, 0.2) is 0 Å². The number of likely N-dealkylation sites (N-methyl/N-ethyl adjacent to an activating group) is 1. The number of nitrogens with zero attached hydrogens (tertiary/aromatic N) is 2. The lowest BCUT2D eigenvalue weighted by Gasteiger charge is -2.30. The van der Waals surface area contributed by atoms with Crippen molar-refractivity contribution in [2.75, 3.05) is 39.9 Å². The van der Waals surface area contributed by atoms with Crippen molar-refractivity contribution in [3.63, 3.8) is 0 Å². The van der Waals surface area contributed by atoms with E-state index >= 15 is 0 Å². The van der Waals surface area contributed by atoms with Crippen LogP contribution in [0.3, 0.4) is 0 Å². The summed E-state index contributed by atoms with van der Waals surface area (Å²) >= 11 is 1.76. The molecule has 5 nitrogen and oxygen atoms in total. The number of thiazole rings is 1. The molecule has 0 spiro atoms. The summed E-state index contributed by atoms with van der Waals surface area (Å²) in [5, 5.41) is 4.54. The van der Waals surface area contributed by atoms with E-state index in [4.69, 9.17) is 14.5 Å². The summed E-state index contributed by atoms with van der Waals surface area (Å²) in [5.74, 6) is 0. The number of ether oxygens (including phenoxy) is 2. The number of rotatable bonds is 8. The summed E-state index contributed by atoms with van der Waals surface area (Å²) in [4.78, 5) is 8.47. The summed E-state index contributed by atoms with van der Waals surface area (Å²) in [7, 11) is 1.72. The molecular formula is C15H27N3O2S. The van der Waals surface area contributed by atoms with Gasteiger partial charge in [-0.25, -0.2) is 4.98 Å². The second-order valence-corrected chi connectivity index (χ2v) is 6.40. The van der Waals surface area contributed by atoms with Gasteiger partial charge in [-0.2, -0.15) is 0 Å². The van der Waals surface area contributed by atoms with Crippen molar-refractivity contribution in [3.8, 4) is 0 Å². The quantitative estimate of drug-likeness (QED) is 0.745. The van der Waals surface area contributed by atoms with Crippen molar-refractivity contribution in [2.45, 2.75) is 39.5 Å². The molecule has 2 rings (SSSR count). The van der Waals surface area contributed by atoms with E-state index in [9.17, 15) is 0 Å².